The second-order valence-corrected chi connectivity index (χ2v) is 1.82. The van der Waals surface area contributed by atoms with Crippen LogP contribution < -0.4 is 0 Å². The lowest BCUT2D eigenvalue weighted by atomic mass is 10.3. The van der Waals surface area contributed by atoms with E-state index in [0.29, 0.717) is 25.9 Å². The fourth-order valence-electron chi connectivity index (χ4n) is 0.432. The van der Waals surface area contributed by atoms with Crippen molar-refractivity contribution in [3.8, 4) is 0 Å². The SMILES string of the molecule is CCC(=O)OCCC[C]=O. The number of hydrogen-bond acceptors (Lipinski definition) is 3. The first-order chi connectivity index (χ1) is 4.81. The number of esters is 1. The summed E-state index contributed by atoms with van der Waals surface area (Å²) in [4.78, 5) is 20.1. The van der Waals surface area contributed by atoms with E-state index in [1.807, 2.05) is 0 Å². The molecular formula is C7H11O3. The van der Waals surface area contributed by atoms with Gasteiger partial charge in [-0.15, -0.1) is 0 Å². The molecule has 0 spiro atoms. The molecule has 0 aromatic rings. The Bertz CT molecular complexity index is 109. The fraction of sp³-hybridized carbons (Fsp3) is 0.714. The van der Waals surface area contributed by atoms with Gasteiger partial charge in [-0.05, 0) is 6.42 Å². The average molecular weight is 143 g/mol. The zero-order valence-corrected chi connectivity index (χ0v) is 6.05. The Morgan fingerprint density at radius 1 is 1.60 bits per heavy atom. The van der Waals surface area contributed by atoms with Gasteiger partial charge in [-0.3, -0.25) is 9.59 Å². The number of carbonyl (C=O) groups is 1. The first-order valence-corrected chi connectivity index (χ1v) is 3.32. The van der Waals surface area contributed by atoms with E-state index in [-0.39, 0.29) is 5.97 Å². The van der Waals surface area contributed by atoms with Gasteiger partial charge in [0.2, 0.25) is 0 Å². The van der Waals surface area contributed by atoms with Crippen LogP contribution in [0, 0.1) is 0 Å². The van der Waals surface area contributed by atoms with Crippen molar-refractivity contribution in [3.05, 3.63) is 0 Å². The molecule has 0 aliphatic heterocycles. The molecule has 0 saturated carbocycles. The first kappa shape index (κ1) is 9.14. The molecule has 0 heterocycles. The van der Waals surface area contributed by atoms with Crippen LogP contribution in [0.3, 0.4) is 0 Å². The molecule has 3 nitrogen and oxygen atoms in total. The Morgan fingerprint density at radius 3 is 2.80 bits per heavy atom. The normalized spacial score (nSPS) is 8.90. The molecule has 57 valence electrons. The summed E-state index contributed by atoms with van der Waals surface area (Å²) in [7, 11) is 0. The summed E-state index contributed by atoms with van der Waals surface area (Å²) in [6.45, 7) is 2.07. The highest BCUT2D eigenvalue weighted by Gasteiger charge is 1.95. The van der Waals surface area contributed by atoms with Crippen LogP contribution in [-0.4, -0.2) is 18.9 Å². The third-order valence-corrected chi connectivity index (χ3v) is 0.975. The molecule has 0 aromatic heterocycles. The van der Waals surface area contributed by atoms with Crippen molar-refractivity contribution in [1.82, 2.24) is 0 Å². The minimum absolute atomic E-state index is 0.217. The van der Waals surface area contributed by atoms with Crippen molar-refractivity contribution in [2.75, 3.05) is 6.61 Å². The number of unbranched alkanes of at least 4 members (excludes halogenated alkanes) is 1. The van der Waals surface area contributed by atoms with E-state index in [0.717, 1.165) is 0 Å². The third kappa shape index (κ3) is 5.28. The Morgan fingerprint density at radius 2 is 2.30 bits per heavy atom. The smallest absolute Gasteiger partial charge is 0.305 e. The van der Waals surface area contributed by atoms with Crippen molar-refractivity contribution >= 4 is 12.3 Å². The predicted molar refractivity (Wildman–Crippen MR) is 36.2 cm³/mol. The van der Waals surface area contributed by atoms with Crippen molar-refractivity contribution in [2.45, 2.75) is 26.2 Å². The number of carbonyl (C=O) groups excluding carboxylic acids is 2. The van der Waals surface area contributed by atoms with Crippen LogP contribution in [0.25, 0.3) is 0 Å². The molecule has 0 rings (SSSR count). The van der Waals surface area contributed by atoms with Gasteiger partial charge in [-0.25, -0.2) is 0 Å². The standard InChI is InChI=1S/C7H11O3/c1-2-7(9)10-6-4-3-5-8/h2-4,6H2,1H3. The Kier molecular flexibility index (Phi) is 5.72. The van der Waals surface area contributed by atoms with Gasteiger partial charge in [-0.2, -0.15) is 0 Å². The number of ether oxygens (including phenoxy) is 1. The Balaban J connectivity index is 3.03. The molecule has 0 N–H and O–H groups in total. The van der Waals surface area contributed by atoms with Crippen LogP contribution in [-0.2, 0) is 14.3 Å². The van der Waals surface area contributed by atoms with E-state index < -0.39 is 0 Å². The lowest BCUT2D eigenvalue weighted by Crippen LogP contribution is -2.03. The van der Waals surface area contributed by atoms with E-state index in [1.165, 1.54) is 0 Å². The molecule has 0 fully saturated rings. The molecule has 3 heteroatoms. The monoisotopic (exact) mass is 143 g/mol. The van der Waals surface area contributed by atoms with Crippen molar-refractivity contribution < 1.29 is 14.3 Å². The average Bonchev–Trinajstić information content (AvgIpc) is 1.98. The second kappa shape index (κ2) is 6.26. The molecular weight excluding hydrogens is 132 g/mol. The quantitative estimate of drug-likeness (QED) is 0.423. The highest BCUT2D eigenvalue weighted by Crippen LogP contribution is 1.89. The maximum absolute atomic E-state index is 10.5. The summed E-state index contributed by atoms with van der Waals surface area (Å²) >= 11 is 0. The molecule has 0 atom stereocenters. The summed E-state index contributed by atoms with van der Waals surface area (Å²) in [5.74, 6) is -0.217. The van der Waals surface area contributed by atoms with Crippen LogP contribution >= 0.6 is 0 Å². The molecule has 0 unspecified atom stereocenters. The molecule has 0 bridgehead atoms. The molecule has 0 aliphatic carbocycles. The van der Waals surface area contributed by atoms with Gasteiger partial charge >= 0.3 is 5.97 Å². The van der Waals surface area contributed by atoms with Gasteiger partial charge in [-0.1, -0.05) is 6.92 Å². The van der Waals surface area contributed by atoms with Crippen molar-refractivity contribution in [3.63, 3.8) is 0 Å². The second-order valence-electron chi connectivity index (χ2n) is 1.82. The van der Waals surface area contributed by atoms with Crippen LogP contribution in [0.1, 0.15) is 26.2 Å². The molecule has 0 aromatic carbocycles. The van der Waals surface area contributed by atoms with Gasteiger partial charge in [0.1, 0.15) is 0 Å². The Hall–Kier alpha value is -0.860. The zero-order chi connectivity index (χ0) is 7.82. The lowest BCUT2D eigenvalue weighted by Gasteiger charge is -1.98. The predicted octanol–water partition coefficient (Wildman–Crippen LogP) is 0.830. The van der Waals surface area contributed by atoms with Gasteiger partial charge in [0.25, 0.3) is 0 Å². The van der Waals surface area contributed by atoms with Gasteiger partial charge in [0.05, 0.1) is 6.61 Å². The van der Waals surface area contributed by atoms with Crippen LogP contribution in [0.2, 0.25) is 0 Å². The largest absolute Gasteiger partial charge is 0.466 e. The summed E-state index contributed by atoms with van der Waals surface area (Å²) in [5.41, 5.74) is 0. The molecule has 0 saturated heterocycles. The summed E-state index contributed by atoms with van der Waals surface area (Å²) < 4.78 is 4.68. The van der Waals surface area contributed by atoms with Crippen LogP contribution in [0.4, 0.5) is 0 Å². The Labute approximate surface area is 60.4 Å². The van der Waals surface area contributed by atoms with E-state index in [4.69, 9.17) is 0 Å². The first-order valence-electron chi connectivity index (χ1n) is 3.32. The van der Waals surface area contributed by atoms with E-state index in [2.05, 4.69) is 4.74 Å². The maximum atomic E-state index is 10.5. The highest BCUT2D eigenvalue weighted by molar-refractivity contribution is 5.68. The lowest BCUT2D eigenvalue weighted by molar-refractivity contribution is -0.143. The zero-order valence-electron chi connectivity index (χ0n) is 6.05. The molecule has 10 heavy (non-hydrogen) atoms. The van der Waals surface area contributed by atoms with E-state index in [9.17, 15) is 9.59 Å². The van der Waals surface area contributed by atoms with Crippen molar-refractivity contribution in [2.24, 2.45) is 0 Å². The topological polar surface area (TPSA) is 43.4 Å². The number of hydrogen-bond donors (Lipinski definition) is 0. The van der Waals surface area contributed by atoms with Crippen LogP contribution in [0.5, 0.6) is 0 Å². The third-order valence-electron chi connectivity index (χ3n) is 0.975. The molecule has 0 amide bonds. The van der Waals surface area contributed by atoms with Gasteiger partial charge in [0.15, 0.2) is 6.29 Å². The summed E-state index contributed by atoms with van der Waals surface area (Å²) in [6, 6.07) is 0. The highest BCUT2D eigenvalue weighted by atomic mass is 16.5. The minimum atomic E-state index is -0.217. The molecule has 0 aliphatic rings. The number of rotatable bonds is 5. The maximum Gasteiger partial charge on any atom is 0.305 e. The van der Waals surface area contributed by atoms with Crippen LogP contribution in [0.15, 0.2) is 0 Å². The fourth-order valence-corrected chi connectivity index (χ4v) is 0.432. The van der Waals surface area contributed by atoms with Crippen molar-refractivity contribution in [1.29, 1.82) is 0 Å². The van der Waals surface area contributed by atoms with Gasteiger partial charge < -0.3 is 4.74 Å². The van der Waals surface area contributed by atoms with E-state index in [1.54, 1.807) is 13.2 Å². The minimum Gasteiger partial charge on any atom is -0.466 e. The molecule has 1 radical (unpaired) electrons. The van der Waals surface area contributed by atoms with E-state index >= 15 is 0 Å². The van der Waals surface area contributed by atoms with Gasteiger partial charge in [0, 0.05) is 12.8 Å². The summed E-state index contributed by atoms with van der Waals surface area (Å²) in [6.07, 6.45) is 3.03. The summed E-state index contributed by atoms with van der Waals surface area (Å²) in [5, 5.41) is 0.